The Balaban J connectivity index is 1.97. The summed E-state index contributed by atoms with van der Waals surface area (Å²) in [6.45, 7) is 6.76. The van der Waals surface area contributed by atoms with Crippen LogP contribution < -0.4 is 0 Å². The fourth-order valence-electron chi connectivity index (χ4n) is 4.84. The van der Waals surface area contributed by atoms with Crippen LogP contribution >= 0.6 is 0 Å². The standard InChI is InChI=1S/C19H20N2/c1-14-18(15-10-6-4-7-11-15)17(2,3)20-21-19(14,18)16-12-8-5-9-13-16/h4-14H,1-3H3/t14-,18-,19-/m1/s1. The zero-order chi connectivity index (χ0) is 14.7. The van der Waals surface area contributed by atoms with Gasteiger partial charge in [0.15, 0.2) is 0 Å². The lowest BCUT2D eigenvalue weighted by molar-refractivity contribution is 0.376. The number of hydrogen-bond donors (Lipinski definition) is 0. The first-order chi connectivity index (χ1) is 10.1. The van der Waals surface area contributed by atoms with Crippen molar-refractivity contribution in [3.8, 4) is 0 Å². The van der Waals surface area contributed by atoms with Gasteiger partial charge >= 0.3 is 0 Å². The molecule has 106 valence electrons. The van der Waals surface area contributed by atoms with Crippen molar-refractivity contribution in [1.82, 2.24) is 0 Å². The highest BCUT2D eigenvalue weighted by molar-refractivity contribution is 5.56. The van der Waals surface area contributed by atoms with Crippen molar-refractivity contribution >= 4 is 0 Å². The van der Waals surface area contributed by atoms with E-state index in [1.54, 1.807) is 0 Å². The van der Waals surface area contributed by atoms with E-state index >= 15 is 0 Å². The second kappa shape index (κ2) is 3.82. The predicted octanol–water partition coefficient (Wildman–Crippen LogP) is 4.71. The SMILES string of the molecule is C[C@@H]1[C@@]2(c3ccccc3)C(C)(C)N=N[C@@]12c1ccccc1. The lowest BCUT2D eigenvalue weighted by Gasteiger charge is -2.29. The van der Waals surface area contributed by atoms with Gasteiger partial charge in [0.2, 0.25) is 0 Å². The summed E-state index contributed by atoms with van der Waals surface area (Å²) in [6, 6.07) is 21.5. The van der Waals surface area contributed by atoms with Crippen LogP contribution in [0.4, 0.5) is 0 Å². The lowest BCUT2D eigenvalue weighted by atomic mass is 9.74. The highest BCUT2D eigenvalue weighted by Gasteiger charge is 2.85. The molecule has 0 amide bonds. The number of fused-ring (bicyclic) bond motifs is 1. The fourth-order valence-corrected chi connectivity index (χ4v) is 4.84. The van der Waals surface area contributed by atoms with E-state index in [1.165, 1.54) is 11.1 Å². The Kier molecular flexibility index (Phi) is 2.32. The van der Waals surface area contributed by atoms with Crippen LogP contribution in [-0.4, -0.2) is 5.54 Å². The molecule has 2 nitrogen and oxygen atoms in total. The van der Waals surface area contributed by atoms with Crippen LogP contribution in [0.3, 0.4) is 0 Å². The minimum atomic E-state index is -0.195. The first kappa shape index (κ1) is 12.8. The monoisotopic (exact) mass is 276 g/mol. The molecule has 3 atom stereocenters. The molecule has 1 heterocycles. The molecule has 1 aliphatic carbocycles. The van der Waals surface area contributed by atoms with E-state index < -0.39 is 0 Å². The zero-order valence-electron chi connectivity index (χ0n) is 12.7. The quantitative estimate of drug-likeness (QED) is 0.758. The van der Waals surface area contributed by atoms with Crippen molar-refractivity contribution in [2.24, 2.45) is 16.1 Å². The summed E-state index contributed by atoms with van der Waals surface area (Å²) in [5, 5.41) is 9.49. The molecular formula is C19H20N2. The third-order valence-electron chi connectivity index (χ3n) is 5.66. The van der Waals surface area contributed by atoms with Crippen molar-refractivity contribution < 1.29 is 0 Å². The smallest absolute Gasteiger partial charge is 0.122 e. The molecule has 0 unspecified atom stereocenters. The van der Waals surface area contributed by atoms with Gasteiger partial charge in [-0.3, -0.25) is 0 Å². The van der Waals surface area contributed by atoms with Crippen molar-refractivity contribution in [3.63, 3.8) is 0 Å². The second-order valence-corrected chi connectivity index (χ2v) is 6.79. The normalized spacial score (nSPS) is 35.5. The Bertz CT molecular complexity index is 705. The lowest BCUT2D eigenvalue weighted by Crippen LogP contribution is -2.36. The second-order valence-electron chi connectivity index (χ2n) is 6.79. The maximum atomic E-state index is 4.82. The van der Waals surface area contributed by atoms with E-state index in [4.69, 9.17) is 5.11 Å². The van der Waals surface area contributed by atoms with Gasteiger partial charge in [-0.05, 0) is 25.0 Å². The van der Waals surface area contributed by atoms with E-state index in [0.29, 0.717) is 5.92 Å². The van der Waals surface area contributed by atoms with Crippen LogP contribution in [-0.2, 0) is 11.0 Å². The highest BCUT2D eigenvalue weighted by Crippen LogP contribution is 2.78. The summed E-state index contributed by atoms with van der Waals surface area (Å²) in [4.78, 5) is 0. The topological polar surface area (TPSA) is 24.7 Å². The third kappa shape index (κ3) is 1.25. The number of rotatable bonds is 2. The van der Waals surface area contributed by atoms with Crippen molar-refractivity contribution in [1.29, 1.82) is 0 Å². The molecular weight excluding hydrogens is 256 g/mol. The molecule has 2 aromatic rings. The Morgan fingerprint density at radius 2 is 1.29 bits per heavy atom. The molecule has 2 aromatic carbocycles. The van der Waals surface area contributed by atoms with Gasteiger partial charge in [0.1, 0.15) is 5.54 Å². The van der Waals surface area contributed by atoms with Gasteiger partial charge in [-0.25, -0.2) is 0 Å². The average molecular weight is 276 g/mol. The molecule has 0 saturated heterocycles. The van der Waals surface area contributed by atoms with Crippen LogP contribution in [0, 0.1) is 5.92 Å². The van der Waals surface area contributed by atoms with Gasteiger partial charge in [0, 0.05) is 5.92 Å². The van der Waals surface area contributed by atoms with Gasteiger partial charge in [0.25, 0.3) is 0 Å². The average Bonchev–Trinajstić information content (AvgIpc) is 2.97. The summed E-state index contributed by atoms with van der Waals surface area (Å²) in [7, 11) is 0. The number of nitrogens with zero attached hydrogens (tertiary/aromatic N) is 2. The molecule has 1 aliphatic heterocycles. The van der Waals surface area contributed by atoms with Gasteiger partial charge in [-0.2, -0.15) is 10.2 Å². The van der Waals surface area contributed by atoms with Crippen LogP contribution in [0.5, 0.6) is 0 Å². The molecule has 0 aromatic heterocycles. The van der Waals surface area contributed by atoms with Crippen molar-refractivity contribution in [3.05, 3.63) is 71.8 Å². The van der Waals surface area contributed by atoms with Crippen LogP contribution in [0.1, 0.15) is 31.9 Å². The minimum absolute atomic E-state index is 0.0252. The predicted molar refractivity (Wildman–Crippen MR) is 84.3 cm³/mol. The first-order valence-corrected chi connectivity index (χ1v) is 7.62. The van der Waals surface area contributed by atoms with Gasteiger partial charge in [-0.1, -0.05) is 67.6 Å². The third-order valence-corrected chi connectivity index (χ3v) is 5.66. The fraction of sp³-hybridized carbons (Fsp3) is 0.368. The molecule has 21 heavy (non-hydrogen) atoms. The molecule has 2 aliphatic rings. The maximum absolute atomic E-state index is 4.82. The Morgan fingerprint density at radius 3 is 1.86 bits per heavy atom. The molecule has 0 bridgehead atoms. The Labute approximate surface area is 125 Å². The largest absolute Gasteiger partial charge is 0.186 e. The summed E-state index contributed by atoms with van der Waals surface area (Å²) in [6.07, 6.45) is 0. The molecule has 0 N–H and O–H groups in total. The molecule has 0 radical (unpaired) electrons. The Morgan fingerprint density at radius 1 is 0.762 bits per heavy atom. The van der Waals surface area contributed by atoms with Crippen molar-refractivity contribution in [2.75, 3.05) is 0 Å². The van der Waals surface area contributed by atoms with Crippen molar-refractivity contribution in [2.45, 2.75) is 37.3 Å². The van der Waals surface area contributed by atoms with E-state index in [9.17, 15) is 0 Å². The highest BCUT2D eigenvalue weighted by atomic mass is 15.3. The number of azo groups is 1. The summed E-state index contributed by atoms with van der Waals surface area (Å²) >= 11 is 0. The maximum Gasteiger partial charge on any atom is 0.122 e. The summed E-state index contributed by atoms with van der Waals surface area (Å²) in [5.41, 5.74) is 2.25. The van der Waals surface area contributed by atoms with Crippen LogP contribution in [0.15, 0.2) is 70.9 Å². The molecule has 2 heteroatoms. The molecule has 4 rings (SSSR count). The zero-order valence-corrected chi connectivity index (χ0v) is 12.7. The summed E-state index contributed by atoms with van der Waals surface area (Å²) in [5.74, 6) is 0.460. The molecule has 1 fully saturated rings. The van der Waals surface area contributed by atoms with E-state index in [1.807, 2.05) is 0 Å². The van der Waals surface area contributed by atoms with Gasteiger partial charge in [0.05, 0.1) is 11.0 Å². The van der Waals surface area contributed by atoms with Crippen LogP contribution in [0.2, 0.25) is 0 Å². The molecule has 0 spiro atoms. The van der Waals surface area contributed by atoms with Gasteiger partial charge in [-0.15, -0.1) is 0 Å². The number of benzene rings is 2. The van der Waals surface area contributed by atoms with E-state index in [-0.39, 0.29) is 16.5 Å². The first-order valence-electron chi connectivity index (χ1n) is 7.62. The summed E-state index contributed by atoms with van der Waals surface area (Å²) < 4.78 is 0. The minimum Gasteiger partial charge on any atom is -0.186 e. The van der Waals surface area contributed by atoms with Crippen LogP contribution in [0.25, 0.3) is 0 Å². The van der Waals surface area contributed by atoms with Gasteiger partial charge < -0.3 is 0 Å². The number of hydrogen-bond acceptors (Lipinski definition) is 2. The van der Waals surface area contributed by atoms with E-state index in [0.717, 1.165) is 0 Å². The molecule has 1 saturated carbocycles. The Hall–Kier alpha value is -1.96. The van der Waals surface area contributed by atoms with E-state index in [2.05, 4.69) is 86.5 Å².